The van der Waals surface area contributed by atoms with E-state index < -0.39 is 0 Å². The summed E-state index contributed by atoms with van der Waals surface area (Å²) in [4.78, 5) is 0. The summed E-state index contributed by atoms with van der Waals surface area (Å²) in [5, 5.41) is 7.05. The predicted molar refractivity (Wildman–Crippen MR) is 72.8 cm³/mol. The monoisotopic (exact) mass is 313 g/mol. The minimum Gasteiger partial charge on any atom is -0.496 e. The lowest BCUT2D eigenvalue weighted by Gasteiger charge is -2.09. The van der Waals surface area contributed by atoms with Crippen LogP contribution in [-0.4, -0.2) is 21.9 Å². The number of halogens is 1. The molecule has 0 spiro atoms. The van der Waals surface area contributed by atoms with Gasteiger partial charge in [0, 0.05) is 11.0 Å². The third-order valence-corrected chi connectivity index (χ3v) is 3.28. The van der Waals surface area contributed by atoms with Crippen molar-refractivity contribution in [2.24, 2.45) is 0 Å². The van der Waals surface area contributed by atoms with Crippen LogP contribution in [0.5, 0.6) is 5.75 Å². The number of nitrogens with zero attached hydrogens (tertiary/aromatic N) is 2. The second-order valence-corrected chi connectivity index (χ2v) is 4.74. The maximum Gasteiger partial charge on any atom is 0.195 e. The highest BCUT2D eigenvalue weighted by molar-refractivity contribution is 9.10. The number of hydrogen-bond donors (Lipinski definition) is 1. The molecule has 0 radical (unpaired) electrons. The number of methoxy groups -OCH3 is 1. The quantitative estimate of drug-likeness (QED) is 0.883. The van der Waals surface area contributed by atoms with E-state index in [4.69, 9.17) is 17.0 Å². The Morgan fingerprint density at radius 2 is 2.29 bits per heavy atom. The summed E-state index contributed by atoms with van der Waals surface area (Å²) in [7, 11) is 1.64. The third-order valence-electron chi connectivity index (χ3n) is 2.48. The molecule has 1 N–H and O–H groups in total. The Morgan fingerprint density at radius 3 is 2.94 bits per heavy atom. The highest BCUT2D eigenvalue weighted by Crippen LogP contribution is 2.31. The van der Waals surface area contributed by atoms with Crippen LogP contribution < -0.4 is 4.74 Å². The second kappa shape index (κ2) is 5.01. The van der Waals surface area contributed by atoms with Gasteiger partial charge in [0.2, 0.25) is 0 Å². The fourth-order valence-corrected chi connectivity index (χ4v) is 2.27. The van der Waals surface area contributed by atoms with Crippen molar-refractivity contribution in [1.82, 2.24) is 14.8 Å². The Kier molecular flexibility index (Phi) is 3.63. The molecule has 0 saturated carbocycles. The molecule has 0 unspecified atom stereocenters. The summed E-state index contributed by atoms with van der Waals surface area (Å²) in [5.74, 6) is 1.56. The zero-order valence-electron chi connectivity index (χ0n) is 9.53. The van der Waals surface area contributed by atoms with Crippen molar-refractivity contribution in [2.45, 2.75) is 13.5 Å². The van der Waals surface area contributed by atoms with Crippen LogP contribution in [0.25, 0.3) is 11.4 Å². The van der Waals surface area contributed by atoms with Gasteiger partial charge < -0.3 is 9.30 Å². The molecule has 0 saturated heterocycles. The third kappa shape index (κ3) is 2.28. The average molecular weight is 314 g/mol. The predicted octanol–water partition coefficient (Wildman–Crippen LogP) is 3.40. The Bertz CT molecular complexity index is 591. The van der Waals surface area contributed by atoms with Crippen molar-refractivity contribution in [1.29, 1.82) is 0 Å². The molecule has 17 heavy (non-hydrogen) atoms. The lowest BCUT2D eigenvalue weighted by atomic mass is 10.2. The number of nitrogens with one attached hydrogen (secondary N) is 1. The first-order valence-corrected chi connectivity index (χ1v) is 6.36. The molecule has 1 aromatic carbocycles. The number of H-pyrrole nitrogens is 1. The van der Waals surface area contributed by atoms with Gasteiger partial charge >= 0.3 is 0 Å². The minimum absolute atomic E-state index is 0.618. The first-order chi connectivity index (χ1) is 8.17. The van der Waals surface area contributed by atoms with E-state index in [2.05, 4.69) is 26.1 Å². The SMILES string of the molecule is CCn1c(-c2ccc(Br)cc2OC)n[nH]c1=S. The van der Waals surface area contributed by atoms with Crippen molar-refractivity contribution in [2.75, 3.05) is 7.11 Å². The highest BCUT2D eigenvalue weighted by Gasteiger charge is 2.12. The van der Waals surface area contributed by atoms with Crippen LogP contribution in [0.2, 0.25) is 0 Å². The van der Waals surface area contributed by atoms with Gasteiger partial charge in [0.25, 0.3) is 0 Å². The molecule has 0 amide bonds. The van der Waals surface area contributed by atoms with Gasteiger partial charge in [-0.15, -0.1) is 0 Å². The highest BCUT2D eigenvalue weighted by atomic mass is 79.9. The Labute approximate surface area is 113 Å². The number of aromatic nitrogens is 3. The summed E-state index contributed by atoms with van der Waals surface area (Å²) in [6.45, 7) is 2.80. The molecule has 0 fully saturated rings. The van der Waals surface area contributed by atoms with Crippen LogP contribution in [0.3, 0.4) is 0 Å². The fraction of sp³-hybridized carbons (Fsp3) is 0.273. The van der Waals surface area contributed by atoms with Gasteiger partial charge in [0.05, 0.1) is 12.7 Å². The van der Waals surface area contributed by atoms with E-state index in [1.54, 1.807) is 7.11 Å². The summed E-state index contributed by atoms with van der Waals surface area (Å²) >= 11 is 8.59. The Hall–Kier alpha value is -1.14. The van der Waals surface area contributed by atoms with Crippen LogP contribution >= 0.6 is 28.1 Å². The number of hydrogen-bond acceptors (Lipinski definition) is 3. The van der Waals surface area contributed by atoms with Gasteiger partial charge in [-0.1, -0.05) is 15.9 Å². The van der Waals surface area contributed by atoms with Crippen LogP contribution in [0.15, 0.2) is 22.7 Å². The topological polar surface area (TPSA) is 42.8 Å². The molecule has 2 aromatic rings. The number of ether oxygens (including phenoxy) is 1. The summed E-state index contributed by atoms with van der Waals surface area (Å²) in [6, 6.07) is 5.82. The molecule has 2 rings (SSSR count). The van der Waals surface area contributed by atoms with Crippen LogP contribution in [0.4, 0.5) is 0 Å². The molecular weight excluding hydrogens is 302 g/mol. The van der Waals surface area contributed by atoms with E-state index in [0.29, 0.717) is 4.77 Å². The van der Waals surface area contributed by atoms with Gasteiger partial charge in [-0.25, -0.2) is 0 Å². The van der Waals surface area contributed by atoms with Gasteiger partial charge in [-0.3, -0.25) is 5.10 Å². The molecule has 90 valence electrons. The lowest BCUT2D eigenvalue weighted by molar-refractivity contribution is 0.415. The summed E-state index contributed by atoms with van der Waals surface area (Å²) in [5.41, 5.74) is 0.921. The number of rotatable bonds is 3. The van der Waals surface area contributed by atoms with Crippen molar-refractivity contribution in [3.63, 3.8) is 0 Å². The molecule has 0 bridgehead atoms. The van der Waals surface area contributed by atoms with E-state index in [9.17, 15) is 0 Å². The van der Waals surface area contributed by atoms with Gasteiger partial charge in [-0.05, 0) is 37.3 Å². The van der Waals surface area contributed by atoms with E-state index in [1.165, 1.54) is 0 Å². The van der Waals surface area contributed by atoms with Crippen molar-refractivity contribution < 1.29 is 4.74 Å². The van der Waals surface area contributed by atoms with E-state index in [0.717, 1.165) is 28.2 Å². The first kappa shape index (κ1) is 12.3. The standard InChI is InChI=1S/C11H12BrN3OS/c1-3-15-10(13-14-11(15)17)8-5-4-7(12)6-9(8)16-2/h4-6H,3H2,1-2H3,(H,14,17). The molecule has 0 atom stereocenters. The first-order valence-electron chi connectivity index (χ1n) is 5.16. The fourth-order valence-electron chi connectivity index (χ4n) is 1.67. The molecule has 6 heteroatoms. The Morgan fingerprint density at radius 1 is 1.53 bits per heavy atom. The maximum absolute atomic E-state index is 5.36. The number of benzene rings is 1. The largest absolute Gasteiger partial charge is 0.496 e. The number of aromatic amines is 1. The molecular formula is C11H12BrN3OS. The summed E-state index contributed by atoms with van der Waals surface area (Å²) in [6.07, 6.45) is 0. The summed E-state index contributed by atoms with van der Waals surface area (Å²) < 4.78 is 8.88. The lowest BCUT2D eigenvalue weighted by Crippen LogP contribution is -1.99. The molecule has 0 aliphatic rings. The normalized spacial score (nSPS) is 10.5. The minimum atomic E-state index is 0.618. The van der Waals surface area contributed by atoms with E-state index in [1.807, 2.05) is 29.7 Å². The molecule has 1 aromatic heterocycles. The van der Waals surface area contributed by atoms with Crippen LogP contribution in [0, 0.1) is 4.77 Å². The average Bonchev–Trinajstić information content (AvgIpc) is 2.70. The maximum atomic E-state index is 5.36. The van der Waals surface area contributed by atoms with Gasteiger partial charge in [0.1, 0.15) is 5.75 Å². The van der Waals surface area contributed by atoms with E-state index in [-0.39, 0.29) is 0 Å². The van der Waals surface area contributed by atoms with Crippen LogP contribution in [0.1, 0.15) is 6.92 Å². The smallest absolute Gasteiger partial charge is 0.195 e. The molecule has 0 aliphatic heterocycles. The molecule has 1 heterocycles. The zero-order valence-corrected chi connectivity index (χ0v) is 11.9. The van der Waals surface area contributed by atoms with Crippen LogP contribution in [-0.2, 0) is 6.54 Å². The van der Waals surface area contributed by atoms with Crippen molar-refractivity contribution >= 4 is 28.1 Å². The molecule has 0 aliphatic carbocycles. The Balaban J connectivity index is 2.63. The van der Waals surface area contributed by atoms with E-state index >= 15 is 0 Å². The van der Waals surface area contributed by atoms with Crippen molar-refractivity contribution in [3.8, 4) is 17.1 Å². The zero-order chi connectivity index (χ0) is 12.4. The van der Waals surface area contributed by atoms with Gasteiger partial charge in [-0.2, -0.15) is 5.10 Å². The second-order valence-electron chi connectivity index (χ2n) is 3.44. The van der Waals surface area contributed by atoms with Crippen molar-refractivity contribution in [3.05, 3.63) is 27.4 Å². The molecule has 4 nitrogen and oxygen atoms in total. The van der Waals surface area contributed by atoms with Gasteiger partial charge in [0.15, 0.2) is 10.6 Å².